The zero-order valence-corrected chi connectivity index (χ0v) is 13.1. The van der Waals surface area contributed by atoms with Crippen LogP contribution in [-0.4, -0.2) is 33.1 Å². The quantitative estimate of drug-likeness (QED) is 0.790. The summed E-state index contributed by atoms with van der Waals surface area (Å²) in [6, 6.07) is 3.95. The lowest BCUT2D eigenvalue weighted by molar-refractivity contribution is 0.00578. The van der Waals surface area contributed by atoms with Gasteiger partial charge in [-0.05, 0) is 46.2 Å². The molecule has 0 radical (unpaired) electrons. The second-order valence-corrected chi connectivity index (χ2v) is 6.50. The Balaban J connectivity index is 1.85. The molecule has 6 heteroatoms. The Labute approximate surface area is 125 Å². The highest BCUT2D eigenvalue weighted by molar-refractivity contribution is 6.62. The van der Waals surface area contributed by atoms with E-state index in [1.807, 2.05) is 59.1 Å². The summed E-state index contributed by atoms with van der Waals surface area (Å²) in [5, 5.41) is 4.35. The smallest absolute Gasteiger partial charge is 0.399 e. The van der Waals surface area contributed by atoms with Crippen molar-refractivity contribution >= 4 is 12.6 Å². The molecule has 21 heavy (non-hydrogen) atoms. The second kappa shape index (κ2) is 4.68. The largest absolute Gasteiger partial charge is 0.498 e. The van der Waals surface area contributed by atoms with Gasteiger partial charge >= 0.3 is 7.12 Å². The van der Waals surface area contributed by atoms with Crippen molar-refractivity contribution in [1.29, 1.82) is 0 Å². The van der Waals surface area contributed by atoms with Crippen molar-refractivity contribution in [3.05, 3.63) is 36.3 Å². The Morgan fingerprint density at radius 1 is 1.05 bits per heavy atom. The number of aryl methyl sites for hydroxylation is 1. The number of nitrogens with zero attached hydrogens (tertiary/aromatic N) is 3. The maximum absolute atomic E-state index is 6.02. The first kappa shape index (κ1) is 14.3. The third kappa shape index (κ3) is 2.49. The highest BCUT2D eigenvalue weighted by Crippen LogP contribution is 2.36. The second-order valence-electron chi connectivity index (χ2n) is 6.50. The maximum Gasteiger partial charge on any atom is 0.498 e. The number of hydrogen-bond acceptors (Lipinski definition) is 4. The standard InChI is InChI=1S/C15H20BN3O2/c1-11-6-7-13(17-8-11)19-10-12(9-18-19)16-20-14(2,3)15(4,5)21-16/h6-10H,1-5H3. The number of aromatic nitrogens is 3. The van der Waals surface area contributed by atoms with E-state index in [0.29, 0.717) is 0 Å². The lowest BCUT2D eigenvalue weighted by atomic mass is 9.82. The number of hydrogen-bond donors (Lipinski definition) is 0. The van der Waals surface area contributed by atoms with Crippen molar-refractivity contribution in [2.45, 2.75) is 45.8 Å². The van der Waals surface area contributed by atoms with Crippen molar-refractivity contribution in [3.8, 4) is 5.82 Å². The van der Waals surface area contributed by atoms with Gasteiger partial charge in [0.1, 0.15) is 0 Å². The molecular formula is C15H20BN3O2. The molecule has 1 aliphatic heterocycles. The van der Waals surface area contributed by atoms with E-state index in [1.165, 1.54) is 0 Å². The summed E-state index contributed by atoms with van der Waals surface area (Å²) in [7, 11) is -0.394. The van der Waals surface area contributed by atoms with E-state index in [1.54, 1.807) is 10.9 Å². The molecule has 0 unspecified atom stereocenters. The SMILES string of the molecule is Cc1ccc(-n2cc(B3OC(C)(C)C(C)(C)O3)cn2)nc1. The van der Waals surface area contributed by atoms with Gasteiger partial charge in [-0.2, -0.15) is 5.10 Å². The van der Waals surface area contributed by atoms with Crippen LogP contribution in [0, 0.1) is 6.92 Å². The van der Waals surface area contributed by atoms with Gasteiger partial charge in [-0.25, -0.2) is 9.67 Å². The topological polar surface area (TPSA) is 49.2 Å². The minimum atomic E-state index is -0.394. The molecule has 5 nitrogen and oxygen atoms in total. The van der Waals surface area contributed by atoms with Gasteiger partial charge in [0.05, 0.1) is 11.2 Å². The first-order valence-electron chi connectivity index (χ1n) is 7.12. The molecule has 0 spiro atoms. The summed E-state index contributed by atoms with van der Waals surface area (Å²) in [5.41, 5.74) is 1.33. The summed E-state index contributed by atoms with van der Waals surface area (Å²) in [6.45, 7) is 10.2. The molecule has 2 aromatic rings. The monoisotopic (exact) mass is 285 g/mol. The van der Waals surface area contributed by atoms with Crippen LogP contribution in [0.15, 0.2) is 30.7 Å². The van der Waals surface area contributed by atoms with Crippen LogP contribution in [0.25, 0.3) is 5.82 Å². The summed E-state index contributed by atoms with van der Waals surface area (Å²) >= 11 is 0. The van der Waals surface area contributed by atoms with Gasteiger partial charge in [0, 0.05) is 24.1 Å². The molecule has 1 aliphatic rings. The predicted octanol–water partition coefficient (Wildman–Crippen LogP) is 1.87. The van der Waals surface area contributed by atoms with Gasteiger partial charge in [-0.1, -0.05) is 6.07 Å². The summed E-state index contributed by atoms with van der Waals surface area (Å²) in [5.74, 6) is 0.781. The Morgan fingerprint density at radius 2 is 1.71 bits per heavy atom. The van der Waals surface area contributed by atoms with Crippen LogP contribution >= 0.6 is 0 Å². The molecule has 3 rings (SSSR count). The lowest BCUT2D eigenvalue weighted by Crippen LogP contribution is -2.41. The van der Waals surface area contributed by atoms with Gasteiger partial charge in [0.15, 0.2) is 5.82 Å². The van der Waals surface area contributed by atoms with Gasteiger partial charge < -0.3 is 9.31 Å². The Morgan fingerprint density at radius 3 is 2.29 bits per heavy atom. The minimum absolute atomic E-state index is 0.345. The molecule has 0 saturated carbocycles. The molecular weight excluding hydrogens is 265 g/mol. The molecule has 2 aromatic heterocycles. The fraction of sp³-hybridized carbons (Fsp3) is 0.467. The minimum Gasteiger partial charge on any atom is -0.399 e. The lowest BCUT2D eigenvalue weighted by Gasteiger charge is -2.32. The third-order valence-electron chi connectivity index (χ3n) is 4.26. The van der Waals surface area contributed by atoms with E-state index in [2.05, 4.69) is 10.1 Å². The zero-order chi connectivity index (χ0) is 15.3. The average molecular weight is 285 g/mol. The molecule has 0 N–H and O–H groups in total. The van der Waals surface area contributed by atoms with Gasteiger partial charge in [-0.15, -0.1) is 0 Å². The van der Waals surface area contributed by atoms with Crippen LogP contribution in [0.2, 0.25) is 0 Å². The van der Waals surface area contributed by atoms with E-state index in [-0.39, 0.29) is 11.2 Å². The summed E-state index contributed by atoms with van der Waals surface area (Å²) < 4.78 is 13.8. The maximum atomic E-state index is 6.02. The first-order chi connectivity index (χ1) is 9.78. The van der Waals surface area contributed by atoms with Crippen LogP contribution in [0.3, 0.4) is 0 Å². The van der Waals surface area contributed by atoms with Crippen molar-refractivity contribution < 1.29 is 9.31 Å². The van der Waals surface area contributed by atoms with Crippen molar-refractivity contribution in [2.75, 3.05) is 0 Å². The molecule has 0 amide bonds. The normalized spacial score (nSPS) is 20.0. The Hall–Kier alpha value is -1.66. The van der Waals surface area contributed by atoms with Crippen molar-refractivity contribution in [2.24, 2.45) is 0 Å². The van der Waals surface area contributed by atoms with Crippen LogP contribution in [0.4, 0.5) is 0 Å². The van der Waals surface area contributed by atoms with Gasteiger partial charge in [-0.3, -0.25) is 0 Å². The van der Waals surface area contributed by atoms with Crippen LogP contribution in [0.5, 0.6) is 0 Å². The highest BCUT2D eigenvalue weighted by Gasteiger charge is 2.52. The van der Waals surface area contributed by atoms with Gasteiger partial charge in [0.2, 0.25) is 0 Å². The summed E-state index contributed by atoms with van der Waals surface area (Å²) in [6.07, 6.45) is 5.50. The molecule has 110 valence electrons. The molecule has 3 heterocycles. The molecule has 0 aromatic carbocycles. The van der Waals surface area contributed by atoms with E-state index < -0.39 is 7.12 Å². The predicted molar refractivity (Wildman–Crippen MR) is 81.8 cm³/mol. The van der Waals surface area contributed by atoms with Crippen LogP contribution in [0.1, 0.15) is 33.3 Å². The third-order valence-corrected chi connectivity index (χ3v) is 4.26. The van der Waals surface area contributed by atoms with Crippen molar-refractivity contribution in [1.82, 2.24) is 14.8 Å². The van der Waals surface area contributed by atoms with E-state index >= 15 is 0 Å². The van der Waals surface area contributed by atoms with Crippen LogP contribution in [-0.2, 0) is 9.31 Å². The van der Waals surface area contributed by atoms with Crippen molar-refractivity contribution in [3.63, 3.8) is 0 Å². The molecule has 0 atom stereocenters. The molecule has 1 fully saturated rings. The zero-order valence-electron chi connectivity index (χ0n) is 13.1. The van der Waals surface area contributed by atoms with E-state index in [4.69, 9.17) is 9.31 Å². The van der Waals surface area contributed by atoms with E-state index in [9.17, 15) is 0 Å². The Bertz CT molecular complexity index is 633. The Kier molecular flexibility index (Phi) is 3.18. The number of rotatable bonds is 2. The van der Waals surface area contributed by atoms with E-state index in [0.717, 1.165) is 16.8 Å². The summed E-state index contributed by atoms with van der Waals surface area (Å²) in [4.78, 5) is 4.36. The molecule has 0 aliphatic carbocycles. The first-order valence-corrected chi connectivity index (χ1v) is 7.12. The highest BCUT2D eigenvalue weighted by atomic mass is 16.7. The van der Waals surface area contributed by atoms with Gasteiger partial charge in [0.25, 0.3) is 0 Å². The van der Waals surface area contributed by atoms with Crippen LogP contribution < -0.4 is 5.46 Å². The fourth-order valence-electron chi connectivity index (χ4n) is 2.16. The molecule has 0 bridgehead atoms. The fourth-order valence-corrected chi connectivity index (χ4v) is 2.16. The molecule has 1 saturated heterocycles. The number of pyridine rings is 1. The average Bonchev–Trinajstić information content (AvgIpc) is 2.94.